The Bertz CT molecular complexity index is 627. The molecule has 1 unspecified atom stereocenters. The standard InChI is InChI=1S/C20H35N3O3S/c1-16-8-9-17(18(14-16)26-12-7-11-25-6)15-23-19(21-5)22-10-13-27(24)20(2,3)4/h8-9,14H,7,10-13,15H2,1-6H3,(H2,21,22,23). The summed E-state index contributed by atoms with van der Waals surface area (Å²) in [6.45, 7) is 10.5. The third kappa shape index (κ3) is 9.24. The van der Waals surface area contributed by atoms with Gasteiger partial charge in [-0.15, -0.1) is 0 Å². The number of nitrogens with zero attached hydrogens (tertiary/aromatic N) is 1. The first kappa shape index (κ1) is 23.4. The number of guanidine groups is 1. The van der Waals surface area contributed by atoms with Gasteiger partial charge in [0, 0.05) is 67.1 Å². The number of rotatable bonds is 10. The van der Waals surface area contributed by atoms with Gasteiger partial charge < -0.3 is 20.1 Å². The number of ether oxygens (including phenoxy) is 2. The van der Waals surface area contributed by atoms with Crippen LogP contribution in [0.15, 0.2) is 23.2 Å². The second-order valence-corrected chi connectivity index (χ2v) is 9.64. The predicted molar refractivity (Wildman–Crippen MR) is 114 cm³/mol. The van der Waals surface area contributed by atoms with E-state index in [2.05, 4.69) is 34.7 Å². The molecule has 1 atom stereocenters. The van der Waals surface area contributed by atoms with E-state index in [1.807, 2.05) is 26.8 Å². The molecule has 0 spiro atoms. The van der Waals surface area contributed by atoms with Crippen molar-refractivity contribution in [3.8, 4) is 5.75 Å². The van der Waals surface area contributed by atoms with Crippen molar-refractivity contribution in [2.75, 3.05) is 39.7 Å². The topological polar surface area (TPSA) is 72.0 Å². The molecule has 0 aromatic heterocycles. The second-order valence-electron chi connectivity index (χ2n) is 7.32. The van der Waals surface area contributed by atoms with Crippen LogP contribution < -0.4 is 15.4 Å². The summed E-state index contributed by atoms with van der Waals surface area (Å²) in [6, 6.07) is 6.18. The number of aliphatic imine (C=N–C) groups is 1. The summed E-state index contributed by atoms with van der Waals surface area (Å²) in [5, 5.41) is 6.52. The maximum atomic E-state index is 12.1. The Balaban J connectivity index is 2.55. The highest BCUT2D eigenvalue weighted by Crippen LogP contribution is 2.20. The van der Waals surface area contributed by atoms with Crippen molar-refractivity contribution in [3.05, 3.63) is 29.3 Å². The van der Waals surface area contributed by atoms with Crippen molar-refractivity contribution in [1.29, 1.82) is 0 Å². The lowest BCUT2D eigenvalue weighted by Gasteiger charge is -2.19. The van der Waals surface area contributed by atoms with E-state index in [1.54, 1.807) is 14.2 Å². The van der Waals surface area contributed by atoms with Gasteiger partial charge in [0.25, 0.3) is 0 Å². The van der Waals surface area contributed by atoms with Crippen LogP contribution >= 0.6 is 0 Å². The first-order valence-corrected chi connectivity index (χ1v) is 10.6. The van der Waals surface area contributed by atoms with E-state index in [0.717, 1.165) is 23.3 Å². The normalized spacial score (nSPS) is 13.3. The summed E-state index contributed by atoms with van der Waals surface area (Å²) < 4.78 is 22.9. The fourth-order valence-corrected chi connectivity index (χ4v) is 3.20. The van der Waals surface area contributed by atoms with Gasteiger partial charge in [-0.05, 0) is 39.3 Å². The van der Waals surface area contributed by atoms with Crippen molar-refractivity contribution in [2.45, 2.75) is 45.4 Å². The first-order chi connectivity index (χ1) is 12.8. The lowest BCUT2D eigenvalue weighted by molar-refractivity contribution is 0.171. The fraction of sp³-hybridized carbons (Fsp3) is 0.650. The molecule has 7 heteroatoms. The van der Waals surface area contributed by atoms with Gasteiger partial charge >= 0.3 is 0 Å². The summed E-state index contributed by atoms with van der Waals surface area (Å²) in [5.41, 5.74) is 2.23. The summed E-state index contributed by atoms with van der Waals surface area (Å²) in [7, 11) is 2.54. The van der Waals surface area contributed by atoms with Gasteiger partial charge in [0.1, 0.15) is 5.75 Å². The van der Waals surface area contributed by atoms with Crippen LogP contribution in [-0.4, -0.2) is 54.6 Å². The van der Waals surface area contributed by atoms with E-state index in [0.29, 0.717) is 38.0 Å². The maximum Gasteiger partial charge on any atom is 0.191 e. The highest BCUT2D eigenvalue weighted by atomic mass is 32.2. The van der Waals surface area contributed by atoms with Crippen LogP contribution in [0.25, 0.3) is 0 Å². The maximum absolute atomic E-state index is 12.1. The third-order valence-corrected chi connectivity index (χ3v) is 5.85. The van der Waals surface area contributed by atoms with E-state index in [1.165, 1.54) is 0 Å². The molecule has 0 amide bonds. The van der Waals surface area contributed by atoms with E-state index in [9.17, 15) is 4.21 Å². The largest absolute Gasteiger partial charge is 0.493 e. The number of benzene rings is 1. The summed E-state index contributed by atoms with van der Waals surface area (Å²) >= 11 is 0. The molecule has 0 bridgehead atoms. The van der Waals surface area contributed by atoms with Crippen LogP contribution in [0.2, 0.25) is 0 Å². The lowest BCUT2D eigenvalue weighted by atomic mass is 10.1. The van der Waals surface area contributed by atoms with Crippen LogP contribution in [-0.2, 0) is 22.1 Å². The molecule has 154 valence electrons. The fourth-order valence-electron chi connectivity index (χ4n) is 2.30. The predicted octanol–water partition coefficient (Wildman–Crippen LogP) is 2.62. The summed E-state index contributed by atoms with van der Waals surface area (Å²) in [5.74, 6) is 2.15. The zero-order valence-electron chi connectivity index (χ0n) is 17.6. The van der Waals surface area contributed by atoms with Crippen molar-refractivity contribution in [1.82, 2.24) is 10.6 Å². The van der Waals surface area contributed by atoms with Crippen molar-refractivity contribution < 1.29 is 13.7 Å². The molecule has 0 saturated carbocycles. The first-order valence-electron chi connectivity index (χ1n) is 9.32. The molecule has 0 fully saturated rings. The van der Waals surface area contributed by atoms with Crippen molar-refractivity contribution in [3.63, 3.8) is 0 Å². The van der Waals surface area contributed by atoms with Gasteiger partial charge in [-0.2, -0.15) is 0 Å². The number of methoxy groups -OCH3 is 1. The van der Waals surface area contributed by atoms with Crippen LogP contribution in [0.5, 0.6) is 5.75 Å². The van der Waals surface area contributed by atoms with Crippen LogP contribution in [0, 0.1) is 6.92 Å². The highest BCUT2D eigenvalue weighted by Gasteiger charge is 2.18. The molecule has 2 N–H and O–H groups in total. The van der Waals surface area contributed by atoms with Gasteiger partial charge in [0.05, 0.1) is 6.61 Å². The molecule has 0 aliphatic carbocycles. The Kier molecular flexibility index (Phi) is 10.4. The SMILES string of the molecule is CN=C(NCCS(=O)C(C)(C)C)NCc1ccc(C)cc1OCCCOC. The molecular formula is C20H35N3O3S. The number of hydrogen-bond acceptors (Lipinski definition) is 4. The summed E-state index contributed by atoms with van der Waals surface area (Å²) in [6.07, 6.45) is 0.853. The van der Waals surface area contributed by atoms with Gasteiger partial charge in [-0.1, -0.05) is 12.1 Å². The molecule has 0 heterocycles. The Morgan fingerprint density at radius 2 is 1.96 bits per heavy atom. The molecule has 0 radical (unpaired) electrons. The molecule has 1 aromatic rings. The minimum atomic E-state index is -0.883. The average molecular weight is 398 g/mol. The van der Waals surface area contributed by atoms with E-state index < -0.39 is 10.8 Å². The smallest absolute Gasteiger partial charge is 0.191 e. The van der Waals surface area contributed by atoms with Crippen LogP contribution in [0.1, 0.15) is 38.3 Å². The van der Waals surface area contributed by atoms with Gasteiger partial charge in [-0.25, -0.2) is 0 Å². The van der Waals surface area contributed by atoms with Crippen LogP contribution in [0.4, 0.5) is 0 Å². The van der Waals surface area contributed by atoms with E-state index >= 15 is 0 Å². The average Bonchev–Trinajstić information content (AvgIpc) is 2.61. The van der Waals surface area contributed by atoms with Crippen LogP contribution in [0.3, 0.4) is 0 Å². The van der Waals surface area contributed by atoms with Crippen molar-refractivity contribution in [2.24, 2.45) is 4.99 Å². The Morgan fingerprint density at radius 3 is 2.59 bits per heavy atom. The van der Waals surface area contributed by atoms with Gasteiger partial charge in [0.15, 0.2) is 5.96 Å². The van der Waals surface area contributed by atoms with E-state index in [-0.39, 0.29) is 4.75 Å². The minimum absolute atomic E-state index is 0.199. The molecule has 1 aromatic carbocycles. The quantitative estimate of drug-likeness (QED) is 0.361. The number of hydrogen-bond donors (Lipinski definition) is 2. The molecule has 1 rings (SSSR count). The lowest BCUT2D eigenvalue weighted by Crippen LogP contribution is -2.40. The highest BCUT2D eigenvalue weighted by molar-refractivity contribution is 7.86. The minimum Gasteiger partial charge on any atom is -0.493 e. The van der Waals surface area contributed by atoms with Gasteiger partial charge in [-0.3, -0.25) is 9.20 Å². The zero-order valence-corrected chi connectivity index (χ0v) is 18.4. The molecule has 0 aliphatic heterocycles. The number of aryl methyl sites for hydroxylation is 1. The molecule has 0 aliphatic rings. The Labute approximate surface area is 166 Å². The zero-order chi connectivity index (χ0) is 20.3. The Hall–Kier alpha value is -1.60. The molecule has 27 heavy (non-hydrogen) atoms. The van der Waals surface area contributed by atoms with Gasteiger partial charge in [0.2, 0.25) is 0 Å². The van der Waals surface area contributed by atoms with Crippen molar-refractivity contribution >= 4 is 16.8 Å². The monoisotopic (exact) mass is 397 g/mol. The number of nitrogens with one attached hydrogen (secondary N) is 2. The molecule has 6 nitrogen and oxygen atoms in total. The van der Waals surface area contributed by atoms with E-state index in [4.69, 9.17) is 9.47 Å². The molecular weight excluding hydrogens is 362 g/mol. The Morgan fingerprint density at radius 1 is 1.22 bits per heavy atom. The second kappa shape index (κ2) is 12.0. The molecule has 0 saturated heterocycles. The third-order valence-electron chi connectivity index (χ3n) is 3.91. The summed E-state index contributed by atoms with van der Waals surface area (Å²) in [4.78, 5) is 4.23.